The molecule has 4 aliphatic rings. The number of aliphatic hydroxyl groups is 1. The molecule has 1 N–H and O–H groups in total. The molecule has 0 spiro atoms. The molecule has 4 saturated carbocycles. The van der Waals surface area contributed by atoms with Crippen molar-refractivity contribution < 1.29 is 14.6 Å². The van der Waals surface area contributed by atoms with Gasteiger partial charge in [0.2, 0.25) is 0 Å². The fraction of sp³-hybridized carbons (Fsp3) is 0.900. The first-order valence-electron chi connectivity index (χ1n) is 14.0. The van der Waals surface area contributed by atoms with Gasteiger partial charge >= 0.3 is 5.97 Å². The normalized spacial score (nSPS) is 45.8. The summed E-state index contributed by atoms with van der Waals surface area (Å²) < 4.78 is 5.57. The number of ether oxygens (including phenoxy) is 1. The highest BCUT2D eigenvalue weighted by molar-refractivity contribution is 5.66. The first kappa shape index (κ1) is 25.3. The minimum absolute atomic E-state index is 0.147. The van der Waals surface area contributed by atoms with Gasteiger partial charge in [0.05, 0.1) is 5.60 Å². The SMILES string of the molecule is C=C1C[C@H]2[C@@H]3CC[C@H]([C@H](C)CCCC(C)C)[C@@]3(C)CC[C@@H]2[C@@]2(C)CC[C@H](OC(C)=O)C[C@]12O. The second kappa shape index (κ2) is 8.99. The predicted molar refractivity (Wildman–Crippen MR) is 135 cm³/mol. The van der Waals surface area contributed by atoms with E-state index in [4.69, 9.17) is 4.74 Å². The number of carbonyl (C=O) groups excluding carboxylic acids is 1. The standard InChI is InChI=1S/C30H50O3/c1-19(2)9-8-10-20(3)25-11-12-26-24-17-21(4)30(32)18-23(33-22(5)31)13-16-29(30,7)27(24)14-15-28(25,26)6/h19-20,23-27,32H,4,8-18H2,1-3,5-7H3/t20-,23+,24+,25-,26+,27+,28-,29-,30+/m1/s1. The van der Waals surface area contributed by atoms with Gasteiger partial charge in [-0.3, -0.25) is 4.79 Å². The van der Waals surface area contributed by atoms with Crippen LogP contribution in [0.3, 0.4) is 0 Å². The van der Waals surface area contributed by atoms with Gasteiger partial charge in [-0.1, -0.05) is 60.5 Å². The van der Waals surface area contributed by atoms with Crippen molar-refractivity contribution in [3.05, 3.63) is 12.2 Å². The Morgan fingerprint density at radius 3 is 2.48 bits per heavy atom. The van der Waals surface area contributed by atoms with Crippen LogP contribution in [-0.2, 0) is 9.53 Å². The third kappa shape index (κ3) is 4.13. The van der Waals surface area contributed by atoms with Crippen LogP contribution in [0.5, 0.6) is 0 Å². The van der Waals surface area contributed by atoms with Gasteiger partial charge in [0, 0.05) is 18.8 Å². The summed E-state index contributed by atoms with van der Waals surface area (Å²) in [6.07, 6.45) is 12.5. The van der Waals surface area contributed by atoms with Crippen LogP contribution in [0.2, 0.25) is 0 Å². The van der Waals surface area contributed by atoms with Gasteiger partial charge in [-0.25, -0.2) is 0 Å². The molecular weight excluding hydrogens is 408 g/mol. The quantitative estimate of drug-likeness (QED) is 0.335. The molecule has 0 amide bonds. The molecule has 3 nitrogen and oxygen atoms in total. The number of fused-ring (bicyclic) bond motifs is 5. The Hall–Kier alpha value is -0.830. The van der Waals surface area contributed by atoms with Crippen molar-refractivity contribution in [3.8, 4) is 0 Å². The molecule has 0 aromatic carbocycles. The van der Waals surface area contributed by atoms with Crippen LogP contribution in [0.25, 0.3) is 0 Å². The van der Waals surface area contributed by atoms with E-state index < -0.39 is 5.60 Å². The molecular formula is C30H50O3. The second-order valence-corrected chi connectivity index (χ2v) is 13.5. The Bertz CT molecular complexity index is 758. The largest absolute Gasteiger partial charge is 0.462 e. The molecule has 33 heavy (non-hydrogen) atoms. The maximum absolute atomic E-state index is 12.0. The molecule has 0 unspecified atom stereocenters. The van der Waals surface area contributed by atoms with Crippen molar-refractivity contribution in [2.75, 3.05) is 0 Å². The fourth-order valence-electron chi connectivity index (χ4n) is 9.55. The zero-order valence-corrected chi connectivity index (χ0v) is 22.3. The molecule has 0 heterocycles. The highest BCUT2D eigenvalue weighted by Crippen LogP contribution is 2.70. The van der Waals surface area contributed by atoms with E-state index in [9.17, 15) is 9.90 Å². The van der Waals surface area contributed by atoms with Gasteiger partial charge in [0.15, 0.2) is 0 Å². The number of esters is 1. The minimum Gasteiger partial charge on any atom is -0.462 e. The van der Waals surface area contributed by atoms with E-state index in [-0.39, 0.29) is 17.5 Å². The summed E-state index contributed by atoms with van der Waals surface area (Å²) in [5, 5.41) is 12.0. The Balaban J connectivity index is 1.52. The van der Waals surface area contributed by atoms with Gasteiger partial charge in [0.1, 0.15) is 6.10 Å². The average Bonchev–Trinajstić information content (AvgIpc) is 3.07. The first-order valence-corrected chi connectivity index (χ1v) is 14.0. The first-order chi connectivity index (χ1) is 15.4. The highest BCUT2D eigenvalue weighted by Gasteiger charge is 2.66. The van der Waals surface area contributed by atoms with Gasteiger partial charge in [-0.05, 0) is 91.4 Å². The summed E-state index contributed by atoms with van der Waals surface area (Å²) in [6, 6.07) is 0. The van der Waals surface area contributed by atoms with E-state index >= 15 is 0 Å². The lowest BCUT2D eigenvalue weighted by molar-refractivity contribution is -0.199. The molecule has 4 aliphatic carbocycles. The summed E-state index contributed by atoms with van der Waals surface area (Å²) in [5.41, 5.74) is 0.411. The Labute approximate surface area is 203 Å². The van der Waals surface area contributed by atoms with E-state index in [1.807, 2.05) is 0 Å². The zero-order chi connectivity index (χ0) is 24.2. The van der Waals surface area contributed by atoms with Gasteiger partial charge < -0.3 is 9.84 Å². The van der Waals surface area contributed by atoms with Crippen molar-refractivity contribution in [1.29, 1.82) is 0 Å². The van der Waals surface area contributed by atoms with Crippen LogP contribution in [0.15, 0.2) is 12.2 Å². The van der Waals surface area contributed by atoms with Gasteiger partial charge in [0.25, 0.3) is 0 Å². The maximum Gasteiger partial charge on any atom is 0.302 e. The van der Waals surface area contributed by atoms with E-state index in [1.165, 1.54) is 51.9 Å². The molecule has 0 radical (unpaired) electrons. The molecule has 0 saturated heterocycles. The molecule has 0 aliphatic heterocycles. The Morgan fingerprint density at radius 1 is 1.09 bits per heavy atom. The Morgan fingerprint density at radius 2 is 1.82 bits per heavy atom. The van der Waals surface area contributed by atoms with Crippen molar-refractivity contribution in [3.63, 3.8) is 0 Å². The van der Waals surface area contributed by atoms with Crippen LogP contribution < -0.4 is 0 Å². The lowest BCUT2D eigenvalue weighted by atomic mass is 9.42. The summed E-state index contributed by atoms with van der Waals surface area (Å²) >= 11 is 0. The maximum atomic E-state index is 12.0. The number of hydrogen-bond donors (Lipinski definition) is 1. The third-order valence-corrected chi connectivity index (χ3v) is 11.3. The molecule has 9 atom stereocenters. The zero-order valence-electron chi connectivity index (χ0n) is 22.3. The van der Waals surface area contributed by atoms with E-state index in [0.717, 1.165) is 48.5 Å². The lowest BCUT2D eigenvalue weighted by Gasteiger charge is -2.64. The third-order valence-electron chi connectivity index (χ3n) is 11.3. The predicted octanol–water partition coefficient (Wildman–Crippen LogP) is 7.32. The lowest BCUT2D eigenvalue weighted by Crippen LogP contribution is -2.64. The molecule has 4 rings (SSSR count). The fourth-order valence-corrected chi connectivity index (χ4v) is 9.55. The van der Waals surface area contributed by atoms with Crippen molar-refractivity contribution in [2.45, 2.75) is 124 Å². The smallest absolute Gasteiger partial charge is 0.302 e. The van der Waals surface area contributed by atoms with Gasteiger partial charge in [-0.15, -0.1) is 0 Å². The van der Waals surface area contributed by atoms with Crippen LogP contribution in [0.1, 0.15) is 112 Å². The van der Waals surface area contributed by atoms with Crippen LogP contribution >= 0.6 is 0 Å². The van der Waals surface area contributed by atoms with Crippen molar-refractivity contribution in [1.82, 2.24) is 0 Å². The minimum atomic E-state index is -0.900. The Kier molecular flexibility index (Phi) is 6.89. The van der Waals surface area contributed by atoms with E-state index in [0.29, 0.717) is 23.7 Å². The molecule has 0 aromatic rings. The monoisotopic (exact) mass is 458 g/mol. The molecule has 0 bridgehead atoms. The van der Waals surface area contributed by atoms with Crippen LogP contribution in [0, 0.1) is 46.3 Å². The van der Waals surface area contributed by atoms with Gasteiger partial charge in [-0.2, -0.15) is 0 Å². The number of hydrogen-bond acceptors (Lipinski definition) is 3. The van der Waals surface area contributed by atoms with E-state index in [1.54, 1.807) is 0 Å². The van der Waals surface area contributed by atoms with Crippen molar-refractivity contribution in [2.24, 2.45) is 46.3 Å². The van der Waals surface area contributed by atoms with E-state index in [2.05, 4.69) is 41.2 Å². The van der Waals surface area contributed by atoms with Crippen LogP contribution in [0.4, 0.5) is 0 Å². The summed E-state index contributed by atoms with van der Waals surface area (Å²) in [7, 11) is 0. The summed E-state index contributed by atoms with van der Waals surface area (Å²) in [6.45, 7) is 18.1. The molecule has 3 heteroatoms. The van der Waals surface area contributed by atoms with Crippen molar-refractivity contribution >= 4 is 5.97 Å². The summed E-state index contributed by atoms with van der Waals surface area (Å²) in [5.74, 6) is 4.20. The second-order valence-electron chi connectivity index (χ2n) is 13.5. The highest BCUT2D eigenvalue weighted by atomic mass is 16.5. The average molecular weight is 459 g/mol. The van der Waals surface area contributed by atoms with Crippen LogP contribution in [-0.4, -0.2) is 22.8 Å². The topological polar surface area (TPSA) is 46.5 Å². The summed E-state index contributed by atoms with van der Waals surface area (Å²) in [4.78, 5) is 11.6. The number of rotatable bonds is 6. The molecule has 4 fully saturated rings. The number of carbonyl (C=O) groups is 1. The molecule has 0 aromatic heterocycles. The molecule has 188 valence electrons.